The molecule has 1 aliphatic rings. The average molecular weight is 200 g/mol. The lowest BCUT2D eigenvalue weighted by molar-refractivity contribution is 0.155. The van der Waals surface area contributed by atoms with E-state index < -0.39 is 0 Å². The first-order valence-corrected chi connectivity index (χ1v) is 4.87. The second-order valence-corrected chi connectivity index (χ2v) is 3.35. The van der Waals surface area contributed by atoms with Crippen LogP contribution in [0.4, 0.5) is 0 Å². The highest BCUT2D eigenvalue weighted by atomic mass is 35.5. The highest BCUT2D eigenvalue weighted by Gasteiger charge is 2.14. The third-order valence-corrected chi connectivity index (χ3v) is 2.39. The second-order valence-electron chi connectivity index (χ2n) is 3.10. The molecular weight excluding hydrogens is 186 g/mol. The Bertz CT molecular complexity index is 201. The Labute approximate surface area is 84.2 Å². The van der Waals surface area contributed by atoms with Crippen molar-refractivity contribution in [3.05, 3.63) is 11.6 Å². The minimum Gasteiger partial charge on any atom is -0.297 e. The Morgan fingerprint density at radius 2 is 1.85 bits per heavy atom. The van der Waals surface area contributed by atoms with Gasteiger partial charge in [0.05, 0.1) is 12.6 Å². The lowest BCUT2D eigenvalue weighted by Crippen LogP contribution is -2.46. The lowest BCUT2D eigenvalue weighted by atomic mass is 10.3. The van der Waals surface area contributed by atoms with Crippen molar-refractivity contribution in [1.82, 2.24) is 9.80 Å². The minimum atomic E-state index is 0.555. The number of hydrogen-bond acceptors (Lipinski definition) is 3. The maximum Gasteiger partial charge on any atom is 0.0866 e. The molecule has 72 valence electrons. The molecule has 0 aromatic carbocycles. The smallest absolute Gasteiger partial charge is 0.0866 e. The molecule has 1 saturated heterocycles. The Morgan fingerprint density at radius 1 is 1.23 bits per heavy atom. The molecule has 0 saturated carbocycles. The number of rotatable bonds is 3. The van der Waals surface area contributed by atoms with Crippen LogP contribution in [-0.4, -0.2) is 49.1 Å². The first-order chi connectivity index (χ1) is 6.36. The van der Waals surface area contributed by atoms with Gasteiger partial charge in [-0.2, -0.15) is 5.26 Å². The number of hydrogen-bond donors (Lipinski definition) is 0. The molecular formula is C9H14ClN3. The molecule has 0 aromatic rings. The third kappa shape index (κ3) is 3.77. The van der Waals surface area contributed by atoms with E-state index in [9.17, 15) is 0 Å². The van der Waals surface area contributed by atoms with Crippen molar-refractivity contribution in [1.29, 1.82) is 5.26 Å². The summed E-state index contributed by atoms with van der Waals surface area (Å²) in [7, 11) is 0. The molecule has 0 radical (unpaired) electrons. The fraction of sp³-hybridized carbons (Fsp3) is 0.667. The molecule has 0 unspecified atom stereocenters. The minimum absolute atomic E-state index is 0.555. The third-order valence-electron chi connectivity index (χ3n) is 2.21. The predicted octanol–water partition coefficient (Wildman–Crippen LogP) is 0.880. The van der Waals surface area contributed by atoms with Crippen molar-refractivity contribution >= 4 is 11.6 Å². The number of halogens is 1. The van der Waals surface area contributed by atoms with Crippen molar-refractivity contribution in [3.8, 4) is 6.07 Å². The number of nitrogens with zero attached hydrogens (tertiary/aromatic N) is 3. The Morgan fingerprint density at radius 3 is 2.38 bits per heavy atom. The monoisotopic (exact) mass is 199 g/mol. The van der Waals surface area contributed by atoms with Gasteiger partial charge in [-0.1, -0.05) is 17.7 Å². The van der Waals surface area contributed by atoms with Crippen molar-refractivity contribution in [2.75, 3.05) is 39.3 Å². The summed E-state index contributed by atoms with van der Waals surface area (Å²) < 4.78 is 0. The van der Waals surface area contributed by atoms with Crippen LogP contribution < -0.4 is 0 Å². The van der Waals surface area contributed by atoms with Gasteiger partial charge in [0.15, 0.2) is 0 Å². The summed E-state index contributed by atoms with van der Waals surface area (Å²) in [5, 5.41) is 8.49. The molecule has 0 amide bonds. The van der Waals surface area contributed by atoms with Crippen LogP contribution in [0.2, 0.25) is 0 Å². The van der Waals surface area contributed by atoms with E-state index in [-0.39, 0.29) is 0 Å². The van der Waals surface area contributed by atoms with Crippen molar-refractivity contribution in [3.63, 3.8) is 0 Å². The molecule has 0 aromatic heterocycles. The molecule has 0 N–H and O–H groups in total. The van der Waals surface area contributed by atoms with Gasteiger partial charge in [-0.15, -0.1) is 0 Å². The molecule has 3 nitrogen and oxygen atoms in total. The quantitative estimate of drug-likeness (QED) is 0.633. The van der Waals surface area contributed by atoms with Crippen LogP contribution in [0, 0.1) is 11.3 Å². The van der Waals surface area contributed by atoms with Crippen molar-refractivity contribution in [2.45, 2.75) is 0 Å². The Hall–Kier alpha value is -0.560. The van der Waals surface area contributed by atoms with Crippen LogP contribution in [0.1, 0.15) is 0 Å². The molecule has 4 heteroatoms. The Balaban J connectivity index is 2.19. The van der Waals surface area contributed by atoms with E-state index in [1.54, 1.807) is 5.54 Å². The fourth-order valence-electron chi connectivity index (χ4n) is 1.42. The lowest BCUT2D eigenvalue weighted by Gasteiger charge is -2.32. The largest absolute Gasteiger partial charge is 0.297 e. The van der Waals surface area contributed by atoms with Gasteiger partial charge in [0.2, 0.25) is 0 Å². The van der Waals surface area contributed by atoms with Crippen LogP contribution >= 0.6 is 11.6 Å². The molecule has 0 aliphatic carbocycles. The summed E-state index contributed by atoms with van der Waals surface area (Å²) in [5.41, 5.74) is 1.56. The van der Waals surface area contributed by atoms with E-state index in [1.807, 2.05) is 6.08 Å². The standard InChI is InChI=1S/C9H14ClN3/c10-2-1-4-12-6-8-13(5-3-11)9-7-12/h1-2H,4-9H2. The average Bonchev–Trinajstić information content (AvgIpc) is 2.17. The van der Waals surface area contributed by atoms with Gasteiger partial charge in [-0.3, -0.25) is 9.80 Å². The normalized spacial score (nSPS) is 20.6. The highest BCUT2D eigenvalue weighted by molar-refractivity contribution is 6.25. The topological polar surface area (TPSA) is 30.3 Å². The molecule has 0 atom stereocenters. The first kappa shape index (κ1) is 10.5. The van der Waals surface area contributed by atoms with Crippen LogP contribution in [0.15, 0.2) is 11.6 Å². The fourth-order valence-corrected chi connectivity index (χ4v) is 1.50. The number of nitriles is 1. The Kier molecular flexibility index (Phi) is 4.84. The molecule has 13 heavy (non-hydrogen) atoms. The summed E-state index contributed by atoms with van der Waals surface area (Å²) >= 11 is 5.44. The van der Waals surface area contributed by atoms with E-state index in [4.69, 9.17) is 16.9 Å². The van der Waals surface area contributed by atoms with Crippen LogP contribution in [0.25, 0.3) is 0 Å². The molecule has 1 fully saturated rings. The van der Waals surface area contributed by atoms with Crippen molar-refractivity contribution < 1.29 is 0 Å². The van der Waals surface area contributed by atoms with E-state index in [1.165, 1.54) is 0 Å². The van der Waals surface area contributed by atoms with E-state index in [0.717, 1.165) is 32.7 Å². The van der Waals surface area contributed by atoms with Gasteiger partial charge in [0.1, 0.15) is 0 Å². The van der Waals surface area contributed by atoms with Gasteiger partial charge >= 0.3 is 0 Å². The van der Waals surface area contributed by atoms with E-state index >= 15 is 0 Å². The summed E-state index contributed by atoms with van der Waals surface area (Å²) in [4.78, 5) is 4.49. The van der Waals surface area contributed by atoms with Gasteiger partial charge in [-0.05, 0) is 0 Å². The van der Waals surface area contributed by atoms with Crippen molar-refractivity contribution in [2.24, 2.45) is 0 Å². The number of piperazine rings is 1. The molecule has 1 rings (SSSR count). The summed E-state index contributed by atoms with van der Waals surface area (Å²) in [6, 6.07) is 2.17. The zero-order valence-corrected chi connectivity index (χ0v) is 8.37. The highest BCUT2D eigenvalue weighted by Crippen LogP contribution is 2.00. The summed E-state index contributed by atoms with van der Waals surface area (Å²) in [5.74, 6) is 0. The van der Waals surface area contributed by atoms with Gasteiger partial charge < -0.3 is 0 Å². The molecule has 1 heterocycles. The summed E-state index contributed by atoms with van der Waals surface area (Å²) in [6.07, 6.45) is 1.95. The van der Waals surface area contributed by atoms with Crippen LogP contribution in [-0.2, 0) is 0 Å². The molecule has 0 bridgehead atoms. The molecule has 0 spiro atoms. The maximum atomic E-state index is 8.49. The maximum absolute atomic E-state index is 8.49. The predicted molar refractivity (Wildman–Crippen MR) is 53.5 cm³/mol. The first-order valence-electron chi connectivity index (χ1n) is 4.43. The van der Waals surface area contributed by atoms with Gasteiger partial charge in [-0.25, -0.2) is 0 Å². The van der Waals surface area contributed by atoms with Gasteiger partial charge in [0, 0.05) is 38.3 Å². The van der Waals surface area contributed by atoms with E-state index in [0.29, 0.717) is 6.54 Å². The SMILES string of the molecule is N#CCN1CCN(CC=CCl)CC1. The van der Waals surface area contributed by atoms with Crippen LogP contribution in [0.5, 0.6) is 0 Å². The molecule has 1 aliphatic heterocycles. The van der Waals surface area contributed by atoms with Crippen LogP contribution in [0.3, 0.4) is 0 Å². The summed E-state index contributed by atoms with van der Waals surface area (Å²) in [6.45, 7) is 5.52. The second kappa shape index (κ2) is 5.98. The van der Waals surface area contributed by atoms with Gasteiger partial charge in [0.25, 0.3) is 0 Å². The van der Waals surface area contributed by atoms with E-state index in [2.05, 4.69) is 15.9 Å². The zero-order valence-electron chi connectivity index (χ0n) is 7.62. The zero-order chi connectivity index (χ0) is 9.52.